The van der Waals surface area contributed by atoms with E-state index < -0.39 is 0 Å². The molecule has 28 heavy (non-hydrogen) atoms. The maximum Gasteiger partial charge on any atom is 0.251 e. The van der Waals surface area contributed by atoms with Gasteiger partial charge in [-0.2, -0.15) is 0 Å². The van der Waals surface area contributed by atoms with Crippen molar-refractivity contribution in [3.05, 3.63) is 34.3 Å². The van der Waals surface area contributed by atoms with Crippen LogP contribution in [0.15, 0.2) is 28.7 Å². The standard InChI is InChI=1S/C20H28BrN3O4/c21-17-3-1-15(2-4-17)20(26)22-7-5-19(25)23-13-18(16-6-10-28-14-16)24-8-11-27-12-9-24/h1-4,16,18H,5-14H2,(H,22,26)(H,23,25). The van der Waals surface area contributed by atoms with E-state index in [0.717, 1.165) is 50.4 Å². The molecular weight excluding hydrogens is 426 g/mol. The molecule has 2 amide bonds. The summed E-state index contributed by atoms with van der Waals surface area (Å²) in [5.41, 5.74) is 0.581. The lowest BCUT2D eigenvalue weighted by atomic mass is 9.97. The molecule has 8 heteroatoms. The van der Waals surface area contributed by atoms with Crippen LogP contribution in [0.25, 0.3) is 0 Å². The summed E-state index contributed by atoms with van der Waals surface area (Å²) < 4.78 is 11.9. The van der Waals surface area contributed by atoms with Crippen molar-refractivity contribution in [3.63, 3.8) is 0 Å². The quantitative estimate of drug-likeness (QED) is 0.622. The van der Waals surface area contributed by atoms with E-state index >= 15 is 0 Å². The molecule has 2 atom stereocenters. The van der Waals surface area contributed by atoms with Gasteiger partial charge >= 0.3 is 0 Å². The van der Waals surface area contributed by atoms with Gasteiger partial charge < -0.3 is 20.1 Å². The van der Waals surface area contributed by atoms with Gasteiger partial charge in [0.2, 0.25) is 5.91 Å². The Bertz CT molecular complexity index is 643. The van der Waals surface area contributed by atoms with Crippen LogP contribution in [-0.4, -0.2) is 75.4 Å². The highest BCUT2D eigenvalue weighted by Gasteiger charge is 2.31. The lowest BCUT2D eigenvalue weighted by Gasteiger charge is -2.37. The van der Waals surface area contributed by atoms with Crippen LogP contribution in [0.1, 0.15) is 23.2 Å². The first-order valence-electron chi connectivity index (χ1n) is 9.83. The van der Waals surface area contributed by atoms with Crippen LogP contribution < -0.4 is 10.6 Å². The minimum Gasteiger partial charge on any atom is -0.381 e. The van der Waals surface area contributed by atoms with Crippen molar-refractivity contribution in [1.82, 2.24) is 15.5 Å². The number of rotatable bonds is 8. The normalized spacial score (nSPS) is 21.2. The average Bonchev–Trinajstić information content (AvgIpc) is 3.24. The lowest BCUT2D eigenvalue weighted by molar-refractivity contribution is -0.121. The predicted octanol–water partition coefficient (Wildman–Crippen LogP) is 1.42. The van der Waals surface area contributed by atoms with E-state index in [1.165, 1.54) is 0 Å². The molecule has 154 valence electrons. The first kappa shape index (κ1) is 21.2. The number of amides is 2. The summed E-state index contributed by atoms with van der Waals surface area (Å²) in [6.07, 6.45) is 1.29. The summed E-state index contributed by atoms with van der Waals surface area (Å²) in [5.74, 6) is 0.221. The minimum atomic E-state index is -0.172. The van der Waals surface area contributed by atoms with Crippen molar-refractivity contribution < 1.29 is 19.1 Å². The third kappa shape index (κ3) is 6.27. The molecule has 1 aromatic carbocycles. The highest BCUT2D eigenvalue weighted by Crippen LogP contribution is 2.21. The Balaban J connectivity index is 1.41. The van der Waals surface area contributed by atoms with Gasteiger partial charge in [-0.3, -0.25) is 14.5 Å². The Hall–Kier alpha value is -1.48. The van der Waals surface area contributed by atoms with E-state index in [2.05, 4.69) is 31.5 Å². The molecular formula is C20H28BrN3O4. The van der Waals surface area contributed by atoms with Crippen LogP contribution in [-0.2, 0) is 14.3 Å². The molecule has 1 aromatic rings. The van der Waals surface area contributed by atoms with Crippen molar-refractivity contribution in [2.45, 2.75) is 18.9 Å². The minimum absolute atomic E-state index is 0.0479. The third-order valence-electron chi connectivity index (χ3n) is 5.28. The molecule has 0 aromatic heterocycles. The molecule has 2 fully saturated rings. The smallest absolute Gasteiger partial charge is 0.251 e. The molecule has 0 bridgehead atoms. The van der Waals surface area contributed by atoms with Crippen molar-refractivity contribution >= 4 is 27.7 Å². The zero-order valence-electron chi connectivity index (χ0n) is 16.0. The van der Waals surface area contributed by atoms with Crippen molar-refractivity contribution in [2.24, 2.45) is 5.92 Å². The van der Waals surface area contributed by atoms with Gasteiger partial charge in [-0.15, -0.1) is 0 Å². The summed E-state index contributed by atoms with van der Waals surface area (Å²) in [6.45, 7) is 5.71. The number of hydrogen-bond acceptors (Lipinski definition) is 5. The largest absolute Gasteiger partial charge is 0.381 e. The molecule has 2 saturated heterocycles. The average molecular weight is 454 g/mol. The predicted molar refractivity (Wildman–Crippen MR) is 109 cm³/mol. The molecule has 0 radical (unpaired) electrons. The topological polar surface area (TPSA) is 79.9 Å². The van der Waals surface area contributed by atoms with Crippen molar-refractivity contribution in [3.8, 4) is 0 Å². The van der Waals surface area contributed by atoms with Crippen LogP contribution in [0.4, 0.5) is 0 Å². The van der Waals surface area contributed by atoms with E-state index in [0.29, 0.717) is 24.6 Å². The SMILES string of the molecule is O=C(CCNC(=O)c1ccc(Br)cc1)NCC(C1CCOC1)N1CCOCC1. The molecule has 0 saturated carbocycles. The number of benzene rings is 1. The number of halogens is 1. The fraction of sp³-hybridized carbons (Fsp3) is 0.600. The summed E-state index contributed by atoms with van der Waals surface area (Å²) in [4.78, 5) is 26.8. The molecule has 3 rings (SSSR count). The molecule has 2 aliphatic heterocycles. The number of hydrogen-bond donors (Lipinski definition) is 2. The maximum absolute atomic E-state index is 12.3. The summed E-state index contributed by atoms with van der Waals surface area (Å²) in [7, 11) is 0. The first-order valence-corrected chi connectivity index (χ1v) is 10.6. The number of carbonyl (C=O) groups excluding carboxylic acids is 2. The van der Waals surface area contributed by atoms with Gasteiger partial charge in [0.15, 0.2) is 0 Å². The molecule has 2 N–H and O–H groups in total. The van der Waals surface area contributed by atoms with E-state index in [4.69, 9.17) is 9.47 Å². The van der Waals surface area contributed by atoms with Gasteiger partial charge in [0.1, 0.15) is 0 Å². The Morgan fingerprint density at radius 2 is 1.86 bits per heavy atom. The number of morpholine rings is 1. The summed E-state index contributed by atoms with van der Waals surface area (Å²) in [5, 5.41) is 5.84. The molecule has 0 spiro atoms. The Morgan fingerprint density at radius 1 is 1.11 bits per heavy atom. The Labute approximate surface area is 174 Å². The second-order valence-corrected chi connectivity index (χ2v) is 8.07. The summed E-state index contributed by atoms with van der Waals surface area (Å²) in [6, 6.07) is 7.40. The van der Waals surface area contributed by atoms with E-state index in [-0.39, 0.29) is 24.3 Å². The second-order valence-electron chi connectivity index (χ2n) is 7.16. The highest BCUT2D eigenvalue weighted by atomic mass is 79.9. The van der Waals surface area contributed by atoms with Gasteiger partial charge in [-0.25, -0.2) is 0 Å². The number of carbonyl (C=O) groups is 2. The Morgan fingerprint density at radius 3 is 2.54 bits per heavy atom. The van der Waals surface area contributed by atoms with E-state index in [1.807, 2.05) is 12.1 Å². The molecule has 2 unspecified atom stereocenters. The van der Waals surface area contributed by atoms with Crippen molar-refractivity contribution in [2.75, 3.05) is 52.6 Å². The zero-order valence-corrected chi connectivity index (χ0v) is 17.6. The number of nitrogens with one attached hydrogen (secondary N) is 2. The van der Waals surface area contributed by atoms with Crippen LogP contribution in [0.2, 0.25) is 0 Å². The number of nitrogens with zero attached hydrogens (tertiary/aromatic N) is 1. The third-order valence-corrected chi connectivity index (χ3v) is 5.80. The van der Waals surface area contributed by atoms with E-state index in [9.17, 15) is 9.59 Å². The highest BCUT2D eigenvalue weighted by molar-refractivity contribution is 9.10. The fourth-order valence-corrected chi connectivity index (χ4v) is 3.92. The van der Waals surface area contributed by atoms with Gasteiger partial charge in [-0.05, 0) is 30.7 Å². The lowest BCUT2D eigenvalue weighted by Crippen LogP contribution is -2.52. The molecule has 0 aliphatic carbocycles. The maximum atomic E-state index is 12.3. The van der Waals surface area contributed by atoms with Gasteiger partial charge in [0.05, 0.1) is 19.8 Å². The van der Waals surface area contributed by atoms with Crippen LogP contribution in [0, 0.1) is 5.92 Å². The first-order chi connectivity index (χ1) is 13.6. The fourth-order valence-electron chi connectivity index (χ4n) is 3.66. The monoisotopic (exact) mass is 453 g/mol. The Kier molecular flexibility index (Phi) is 8.27. The van der Waals surface area contributed by atoms with Gasteiger partial charge in [0.25, 0.3) is 5.91 Å². The van der Waals surface area contributed by atoms with Gasteiger partial charge in [0, 0.05) is 61.2 Å². The number of ether oxygens (including phenoxy) is 2. The molecule has 2 aliphatic rings. The second kappa shape index (κ2) is 10.9. The molecule has 2 heterocycles. The van der Waals surface area contributed by atoms with Gasteiger partial charge in [-0.1, -0.05) is 15.9 Å². The van der Waals surface area contributed by atoms with Crippen molar-refractivity contribution in [1.29, 1.82) is 0 Å². The zero-order chi connectivity index (χ0) is 19.8. The van der Waals surface area contributed by atoms with Crippen LogP contribution in [0.3, 0.4) is 0 Å². The van der Waals surface area contributed by atoms with E-state index in [1.54, 1.807) is 12.1 Å². The molecule has 7 nitrogen and oxygen atoms in total. The summed E-state index contributed by atoms with van der Waals surface area (Å²) >= 11 is 3.35. The van der Waals surface area contributed by atoms with Crippen LogP contribution >= 0.6 is 15.9 Å². The van der Waals surface area contributed by atoms with Crippen LogP contribution in [0.5, 0.6) is 0 Å².